The fourth-order valence-electron chi connectivity index (χ4n) is 2.68. The van der Waals surface area contributed by atoms with Crippen molar-refractivity contribution in [1.29, 1.82) is 0 Å². The van der Waals surface area contributed by atoms with Crippen LogP contribution in [0.25, 0.3) is 0 Å². The molecule has 1 aliphatic heterocycles. The van der Waals surface area contributed by atoms with E-state index < -0.39 is 0 Å². The van der Waals surface area contributed by atoms with Crippen LogP contribution < -0.4 is 4.90 Å². The fourth-order valence-corrected chi connectivity index (χ4v) is 2.68. The van der Waals surface area contributed by atoms with Gasteiger partial charge >= 0.3 is 0 Å². The van der Waals surface area contributed by atoms with Crippen LogP contribution in [-0.2, 0) is 11.2 Å². The Bertz CT molecular complexity index is 395. The Morgan fingerprint density at radius 2 is 2.15 bits per heavy atom. The maximum atomic E-state index is 5.14. The van der Waals surface area contributed by atoms with Crippen molar-refractivity contribution in [2.75, 3.05) is 51.8 Å². The highest BCUT2D eigenvalue weighted by Crippen LogP contribution is 2.18. The summed E-state index contributed by atoms with van der Waals surface area (Å²) in [5.41, 5.74) is 1.19. The minimum Gasteiger partial charge on any atom is -0.383 e. The number of nitrogens with zero attached hydrogens (tertiary/aromatic N) is 4. The molecule has 1 aromatic rings. The van der Waals surface area contributed by atoms with Gasteiger partial charge in [-0.1, -0.05) is 6.92 Å². The Hall–Kier alpha value is -1.20. The van der Waals surface area contributed by atoms with E-state index >= 15 is 0 Å². The number of aromatic nitrogens is 2. The molecule has 5 heteroatoms. The predicted octanol–water partition coefficient (Wildman–Crippen LogP) is 1.44. The summed E-state index contributed by atoms with van der Waals surface area (Å²) in [7, 11) is 3.84. The van der Waals surface area contributed by atoms with E-state index in [2.05, 4.69) is 33.7 Å². The third-order valence-corrected chi connectivity index (χ3v) is 3.96. The van der Waals surface area contributed by atoms with Crippen LogP contribution in [0.15, 0.2) is 12.4 Å². The monoisotopic (exact) mass is 278 g/mol. The predicted molar refractivity (Wildman–Crippen MR) is 81.1 cm³/mol. The summed E-state index contributed by atoms with van der Waals surface area (Å²) in [5.74, 6) is 1.53. The van der Waals surface area contributed by atoms with Gasteiger partial charge in [-0.2, -0.15) is 0 Å². The number of ether oxygens (including phenoxy) is 1. The lowest BCUT2D eigenvalue weighted by Crippen LogP contribution is -2.30. The lowest BCUT2D eigenvalue weighted by atomic mass is 10.1. The standard InChI is InChI=1S/C15H26N4O/c1-4-13-9-16-15(17-10-13)18(2)11-14-5-6-19(12-14)7-8-20-3/h9-10,14H,4-8,11-12H2,1-3H3. The smallest absolute Gasteiger partial charge is 0.225 e. The highest BCUT2D eigenvalue weighted by Gasteiger charge is 2.23. The van der Waals surface area contributed by atoms with Gasteiger partial charge in [0, 0.05) is 46.2 Å². The Morgan fingerprint density at radius 3 is 2.80 bits per heavy atom. The number of methoxy groups -OCH3 is 1. The number of hydrogen-bond acceptors (Lipinski definition) is 5. The van der Waals surface area contributed by atoms with Gasteiger partial charge in [-0.05, 0) is 30.9 Å². The highest BCUT2D eigenvalue weighted by atomic mass is 16.5. The van der Waals surface area contributed by atoms with Gasteiger partial charge in [-0.15, -0.1) is 0 Å². The van der Waals surface area contributed by atoms with Gasteiger partial charge in [0.1, 0.15) is 0 Å². The molecule has 0 bridgehead atoms. The molecule has 1 aliphatic rings. The summed E-state index contributed by atoms with van der Waals surface area (Å²) < 4.78 is 5.14. The molecule has 2 rings (SSSR count). The first kappa shape index (κ1) is 15.2. The van der Waals surface area contributed by atoms with Crippen molar-refractivity contribution in [3.63, 3.8) is 0 Å². The maximum Gasteiger partial charge on any atom is 0.225 e. The number of rotatable bonds is 7. The van der Waals surface area contributed by atoms with E-state index in [0.29, 0.717) is 5.92 Å². The van der Waals surface area contributed by atoms with Crippen LogP contribution in [0.2, 0.25) is 0 Å². The van der Waals surface area contributed by atoms with Crippen molar-refractivity contribution >= 4 is 5.95 Å². The zero-order chi connectivity index (χ0) is 14.4. The van der Waals surface area contributed by atoms with Gasteiger partial charge in [-0.3, -0.25) is 0 Å². The fraction of sp³-hybridized carbons (Fsp3) is 0.733. The van der Waals surface area contributed by atoms with E-state index in [-0.39, 0.29) is 0 Å². The topological polar surface area (TPSA) is 41.5 Å². The van der Waals surface area contributed by atoms with E-state index in [1.807, 2.05) is 12.4 Å². The van der Waals surface area contributed by atoms with Gasteiger partial charge in [-0.25, -0.2) is 9.97 Å². The average molecular weight is 278 g/mol. The highest BCUT2D eigenvalue weighted by molar-refractivity contribution is 5.28. The largest absolute Gasteiger partial charge is 0.383 e. The van der Waals surface area contributed by atoms with Crippen LogP contribution in [0.1, 0.15) is 18.9 Å². The molecule has 2 heterocycles. The molecule has 1 aromatic heterocycles. The molecule has 1 fully saturated rings. The summed E-state index contributed by atoms with van der Waals surface area (Å²) in [6.07, 6.45) is 6.10. The molecule has 1 atom stereocenters. The van der Waals surface area contributed by atoms with Crippen LogP contribution in [0.3, 0.4) is 0 Å². The van der Waals surface area contributed by atoms with Gasteiger partial charge in [0.05, 0.1) is 6.61 Å². The first-order chi connectivity index (χ1) is 9.72. The summed E-state index contributed by atoms with van der Waals surface area (Å²) in [6.45, 7) is 7.34. The van der Waals surface area contributed by atoms with Crippen molar-refractivity contribution < 1.29 is 4.74 Å². The molecule has 1 unspecified atom stereocenters. The van der Waals surface area contributed by atoms with Gasteiger partial charge in [0.2, 0.25) is 5.95 Å². The molecule has 0 aliphatic carbocycles. The third kappa shape index (κ3) is 4.15. The minimum absolute atomic E-state index is 0.700. The Labute approximate surface area is 122 Å². The number of likely N-dealkylation sites (tertiary alicyclic amines) is 1. The molecule has 1 saturated heterocycles. The Kier molecular flexibility index (Phi) is 5.73. The molecular weight excluding hydrogens is 252 g/mol. The molecule has 5 nitrogen and oxygen atoms in total. The van der Waals surface area contributed by atoms with Crippen molar-refractivity contribution in [3.05, 3.63) is 18.0 Å². The van der Waals surface area contributed by atoms with Crippen molar-refractivity contribution in [2.24, 2.45) is 5.92 Å². The van der Waals surface area contributed by atoms with E-state index in [9.17, 15) is 0 Å². The van der Waals surface area contributed by atoms with Crippen LogP contribution in [0, 0.1) is 5.92 Å². The van der Waals surface area contributed by atoms with Crippen LogP contribution >= 0.6 is 0 Å². The molecule has 20 heavy (non-hydrogen) atoms. The second-order valence-electron chi connectivity index (χ2n) is 5.57. The van der Waals surface area contributed by atoms with Gasteiger partial charge < -0.3 is 14.5 Å². The van der Waals surface area contributed by atoms with E-state index in [1.165, 1.54) is 18.5 Å². The summed E-state index contributed by atoms with van der Waals surface area (Å²) in [4.78, 5) is 13.5. The average Bonchev–Trinajstić information content (AvgIpc) is 2.92. The lowest BCUT2D eigenvalue weighted by molar-refractivity contribution is 0.159. The van der Waals surface area contributed by atoms with Gasteiger partial charge in [0.25, 0.3) is 0 Å². The molecule has 0 spiro atoms. The molecule has 0 amide bonds. The quantitative estimate of drug-likeness (QED) is 0.755. The number of aryl methyl sites for hydroxylation is 1. The van der Waals surface area contributed by atoms with Crippen molar-refractivity contribution in [2.45, 2.75) is 19.8 Å². The summed E-state index contributed by atoms with van der Waals surface area (Å²) >= 11 is 0. The first-order valence-electron chi connectivity index (χ1n) is 7.46. The Balaban J connectivity index is 1.80. The molecule has 112 valence electrons. The molecule has 0 aromatic carbocycles. The zero-order valence-electron chi connectivity index (χ0n) is 12.9. The minimum atomic E-state index is 0.700. The second-order valence-corrected chi connectivity index (χ2v) is 5.57. The van der Waals surface area contributed by atoms with Crippen molar-refractivity contribution in [3.8, 4) is 0 Å². The molecule has 0 radical (unpaired) electrons. The van der Waals surface area contributed by atoms with Crippen LogP contribution in [-0.4, -0.2) is 61.8 Å². The zero-order valence-corrected chi connectivity index (χ0v) is 12.9. The van der Waals surface area contributed by atoms with E-state index in [1.54, 1.807) is 7.11 Å². The lowest BCUT2D eigenvalue weighted by Gasteiger charge is -2.21. The Morgan fingerprint density at radius 1 is 1.40 bits per heavy atom. The van der Waals surface area contributed by atoms with E-state index in [4.69, 9.17) is 4.74 Å². The summed E-state index contributed by atoms with van der Waals surface area (Å²) in [5, 5.41) is 0. The molecular formula is C15H26N4O. The number of hydrogen-bond donors (Lipinski definition) is 0. The van der Waals surface area contributed by atoms with Crippen molar-refractivity contribution in [1.82, 2.24) is 14.9 Å². The van der Waals surface area contributed by atoms with Gasteiger partial charge in [0.15, 0.2) is 0 Å². The summed E-state index contributed by atoms with van der Waals surface area (Å²) in [6, 6.07) is 0. The molecule has 0 N–H and O–H groups in total. The van der Waals surface area contributed by atoms with Crippen LogP contribution in [0.5, 0.6) is 0 Å². The SMILES string of the molecule is CCc1cnc(N(C)CC2CCN(CCOC)C2)nc1. The maximum absolute atomic E-state index is 5.14. The number of anilines is 1. The first-order valence-corrected chi connectivity index (χ1v) is 7.46. The molecule has 0 saturated carbocycles. The normalized spacial score (nSPS) is 19.4. The van der Waals surface area contributed by atoms with Crippen LogP contribution in [0.4, 0.5) is 5.95 Å². The van der Waals surface area contributed by atoms with E-state index in [0.717, 1.165) is 38.6 Å². The second kappa shape index (κ2) is 7.55. The third-order valence-electron chi connectivity index (χ3n) is 3.96.